The Labute approximate surface area is 169 Å². The van der Waals surface area contributed by atoms with Gasteiger partial charge in [0.25, 0.3) is 11.8 Å². The molecule has 0 radical (unpaired) electrons. The number of para-hydroxylation sites is 3. The highest BCUT2D eigenvalue weighted by molar-refractivity contribution is 6.02. The Balaban J connectivity index is 1.72. The first-order chi connectivity index (χ1) is 14.1. The Morgan fingerprint density at radius 1 is 0.931 bits per heavy atom. The zero-order chi connectivity index (χ0) is 20.2. The lowest BCUT2D eigenvalue weighted by atomic mass is 10.1. The second-order valence-corrected chi connectivity index (χ2v) is 6.69. The van der Waals surface area contributed by atoms with Gasteiger partial charge in [0.15, 0.2) is 6.04 Å². The van der Waals surface area contributed by atoms with Crippen LogP contribution in [-0.4, -0.2) is 36.5 Å². The molecule has 6 heteroatoms. The summed E-state index contributed by atoms with van der Waals surface area (Å²) in [7, 11) is 1.77. The Morgan fingerprint density at radius 3 is 2.28 bits per heavy atom. The summed E-state index contributed by atoms with van der Waals surface area (Å²) in [4.78, 5) is 26.5. The fraction of sp³-hybridized carbons (Fsp3) is 0.130. The molecular weight excluding hydrogens is 366 g/mol. The Hall–Kier alpha value is -3.80. The van der Waals surface area contributed by atoms with E-state index in [9.17, 15) is 9.59 Å². The minimum Gasteiger partial charge on any atom is -0.489 e. The molecular formula is C23H21N3O3. The Morgan fingerprint density at radius 2 is 1.55 bits per heavy atom. The van der Waals surface area contributed by atoms with Crippen molar-refractivity contribution in [1.29, 1.82) is 0 Å². The number of hydrogen-bond donors (Lipinski definition) is 1. The van der Waals surface area contributed by atoms with Crippen LogP contribution in [0.2, 0.25) is 0 Å². The van der Waals surface area contributed by atoms with Gasteiger partial charge in [0, 0.05) is 12.6 Å². The second kappa shape index (κ2) is 8.06. The van der Waals surface area contributed by atoms with Gasteiger partial charge in [-0.15, -0.1) is 0 Å². The maximum absolute atomic E-state index is 13.4. The van der Waals surface area contributed by atoms with Crippen LogP contribution in [-0.2, 0) is 4.79 Å². The monoisotopic (exact) mass is 387 g/mol. The van der Waals surface area contributed by atoms with E-state index in [-0.39, 0.29) is 18.4 Å². The topological polar surface area (TPSA) is 61.9 Å². The van der Waals surface area contributed by atoms with Crippen molar-refractivity contribution in [3.05, 3.63) is 90.5 Å². The zero-order valence-corrected chi connectivity index (χ0v) is 16.0. The van der Waals surface area contributed by atoms with Crippen molar-refractivity contribution in [2.45, 2.75) is 6.04 Å². The van der Waals surface area contributed by atoms with E-state index in [1.807, 2.05) is 48.5 Å². The van der Waals surface area contributed by atoms with Crippen LogP contribution >= 0.6 is 0 Å². The van der Waals surface area contributed by atoms with Crippen LogP contribution in [0.5, 0.6) is 5.75 Å². The number of rotatable bonds is 4. The van der Waals surface area contributed by atoms with Crippen LogP contribution in [0.1, 0.15) is 10.4 Å². The normalized spacial score (nSPS) is 15.3. The molecule has 0 saturated carbocycles. The van der Waals surface area contributed by atoms with Gasteiger partial charge in [0.05, 0.1) is 11.4 Å². The number of benzene rings is 3. The molecule has 1 aliphatic rings. The lowest BCUT2D eigenvalue weighted by Gasteiger charge is -2.37. The second-order valence-electron chi connectivity index (χ2n) is 6.69. The smallest absolute Gasteiger partial charge is 0.273 e. The van der Waals surface area contributed by atoms with Crippen LogP contribution in [0.3, 0.4) is 0 Å². The van der Waals surface area contributed by atoms with E-state index in [0.29, 0.717) is 17.0 Å². The molecule has 2 amide bonds. The Bertz CT molecular complexity index is 1010. The molecule has 0 saturated heterocycles. The fourth-order valence-electron chi connectivity index (χ4n) is 3.31. The number of carbonyl (C=O) groups excluding carboxylic acids is 2. The van der Waals surface area contributed by atoms with Crippen LogP contribution < -0.4 is 15.1 Å². The van der Waals surface area contributed by atoms with E-state index in [1.54, 1.807) is 48.5 Å². The van der Waals surface area contributed by atoms with E-state index < -0.39 is 6.04 Å². The molecule has 0 aromatic heterocycles. The third-order valence-corrected chi connectivity index (χ3v) is 4.82. The maximum Gasteiger partial charge on any atom is 0.273 e. The van der Waals surface area contributed by atoms with Crippen molar-refractivity contribution >= 4 is 23.2 Å². The lowest BCUT2D eigenvalue weighted by molar-refractivity contribution is -0.121. The molecule has 3 aromatic carbocycles. The molecule has 0 bridgehead atoms. The van der Waals surface area contributed by atoms with E-state index >= 15 is 0 Å². The summed E-state index contributed by atoms with van der Waals surface area (Å²) in [5.41, 5.74) is 1.87. The summed E-state index contributed by atoms with van der Waals surface area (Å²) in [6.07, 6.45) is 0. The van der Waals surface area contributed by atoms with Gasteiger partial charge in [-0.3, -0.25) is 14.6 Å². The first-order valence-electron chi connectivity index (χ1n) is 9.35. The zero-order valence-electron chi connectivity index (χ0n) is 16.0. The van der Waals surface area contributed by atoms with Gasteiger partial charge in [-0.2, -0.15) is 0 Å². The van der Waals surface area contributed by atoms with Crippen LogP contribution in [0.25, 0.3) is 0 Å². The number of carbonyl (C=O) groups is 2. The third kappa shape index (κ3) is 3.78. The molecule has 6 nitrogen and oxygen atoms in total. The minimum absolute atomic E-state index is 0.0403. The first-order valence-corrected chi connectivity index (χ1v) is 9.35. The fourth-order valence-corrected chi connectivity index (χ4v) is 3.31. The van der Waals surface area contributed by atoms with Crippen LogP contribution in [0.4, 0.5) is 11.4 Å². The van der Waals surface area contributed by atoms with Gasteiger partial charge in [-0.05, 0) is 36.4 Å². The number of ether oxygens (including phenoxy) is 1. The van der Waals surface area contributed by atoms with Crippen molar-refractivity contribution in [3.8, 4) is 5.75 Å². The maximum atomic E-state index is 13.4. The average molecular weight is 387 g/mol. The van der Waals surface area contributed by atoms with E-state index in [4.69, 9.17) is 4.74 Å². The summed E-state index contributed by atoms with van der Waals surface area (Å²) in [5.74, 6) is -0.00787. The number of amides is 2. The first kappa shape index (κ1) is 18.6. The van der Waals surface area contributed by atoms with E-state index in [0.717, 1.165) is 5.69 Å². The van der Waals surface area contributed by atoms with Crippen LogP contribution in [0.15, 0.2) is 84.9 Å². The quantitative estimate of drug-likeness (QED) is 0.695. The van der Waals surface area contributed by atoms with Gasteiger partial charge in [0.1, 0.15) is 12.4 Å². The lowest BCUT2D eigenvalue weighted by Crippen LogP contribution is -2.57. The van der Waals surface area contributed by atoms with Crippen molar-refractivity contribution < 1.29 is 14.3 Å². The van der Waals surface area contributed by atoms with E-state index in [1.165, 1.54) is 5.01 Å². The SMILES string of the molecule is CN(c1ccccc1)N(C(=O)c1ccccc1)[C@H]1COc2ccccc2NC1=O. The van der Waals surface area contributed by atoms with Gasteiger partial charge in [-0.1, -0.05) is 48.5 Å². The number of nitrogens with one attached hydrogen (secondary N) is 1. The van der Waals surface area contributed by atoms with Crippen molar-refractivity contribution in [2.75, 3.05) is 24.0 Å². The Kier molecular flexibility index (Phi) is 5.16. The summed E-state index contributed by atoms with van der Waals surface area (Å²) >= 11 is 0. The number of hydrogen-bond acceptors (Lipinski definition) is 4. The predicted molar refractivity (Wildman–Crippen MR) is 112 cm³/mol. The highest BCUT2D eigenvalue weighted by Gasteiger charge is 2.36. The minimum atomic E-state index is -0.847. The molecule has 4 rings (SSSR count). The van der Waals surface area contributed by atoms with Crippen LogP contribution in [0, 0.1) is 0 Å². The molecule has 0 aliphatic carbocycles. The highest BCUT2D eigenvalue weighted by atomic mass is 16.5. The molecule has 3 aromatic rings. The van der Waals surface area contributed by atoms with E-state index in [2.05, 4.69) is 5.32 Å². The summed E-state index contributed by atoms with van der Waals surface area (Å²) in [6.45, 7) is 0.0403. The van der Waals surface area contributed by atoms with Crippen molar-refractivity contribution in [3.63, 3.8) is 0 Å². The summed E-state index contributed by atoms with van der Waals surface area (Å²) in [5, 5.41) is 6.02. The number of nitrogens with zero attached hydrogens (tertiary/aromatic N) is 2. The number of anilines is 2. The van der Waals surface area contributed by atoms with Gasteiger partial charge >= 0.3 is 0 Å². The largest absolute Gasteiger partial charge is 0.489 e. The molecule has 146 valence electrons. The predicted octanol–water partition coefficient (Wildman–Crippen LogP) is 3.58. The molecule has 29 heavy (non-hydrogen) atoms. The molecule has 1 aliphatic heterocycles. The summed E-state index contributed by atoms with van der Waals surface area (Å²) < 4.78 is 5.88. The van der Waals surface area contributed by atoms with Crippen molar-refractivity contribution in [1.82, 2.24) is 5.01 Å². The molecule has 0 unspecified atom stereocenters. The standard InChI is InChI=1S/C23H21N3O3/c1-25(18-12-6-3-7-13-18)26(23(28)17-10-4-2-5-11-17)20-16-29-21-15-9-8-14-19(21)24-22(20)27/h2-15,20H,16H2,1H3,(H,24,27)/t20-/m0/s1. The van der Waals surface area contributed by atoms with Gasteiger partial charge in [0.2, 0.25) is 0 Å². The van der Waals surface area contributed by atoms with Gasteiger partial charge < -0.3 is 10.1 Å². The number of hydrazine groups is 1. The van der Waals surface area contributed by atoms with Gasteiger partial charge in [-0.25, -0.2) is 5.01 Å². The third-order valence-electron chi connectivity index (χ3n) is 4.82. The highest BCUT2D eigenvalue weighted by Crippen LogP contribution is 2.28. The molecule has 1 heterocycles. The molecule has 0 spiro atoms. The molecule has 1 N–H and O–H groups in total. The summed E-state index contributed by atoms with van der Waals surface area (Å²) in [6, 6.07) is 24.7. The molecule has 0 fully saturated rings. The molecule has 1 atom stereocenters. The number of fused-ring (bicyclic) bond motifs is 1. The van der Waals surface area contributed by atoms with Crippen molar-refractivity contribution in [2.24, 2.45) is 0 Å². The average Bonchev–Trinajstić information content (AvgIpc) is 2.93.